The number of rotatable bonds is 5. The van der Waals surface area contributed by atoms with Crippen LogP contribution >= 0.6 is 0 Å². The van der Waals surface area contributed by atoms with E-state index in [1.165, 1.54) is 19.3 Å². The summed E-state index contributed by atoms with van der Waals surface area (Å²) in [4.78, 5) is 14.4. The van der Waals surface area contributed by atoms with Gasteiger partial charge in [0.25, 0.3) is 5.91 Å². The molecule has 1 fully saturated rings. The molecular weight excluding hydrogens is 264 g/mol. The van der Waals surface area contributed by atoms with Crippen LogP contribution in [0.4, 0.5) is 5.69 Å². The fourth-order valence-electron chi connectivity index (χ4n) is 3.09. The number of nitrogens with zero attached hydrogens (tertiary/aromatic N) is 1. The van der Waals surface area contributed by atoms with E-state index in [0.717, 1.165) is 30.7 Å². The van der Waals surface area contributed by atoms with Crippen LogP contribution in [0.1, 0.15) is 44.6 Å². The van der Waals surface area contributed by atoms with Crippen molar-refractivity contribution in [3.63, 3.8) is 0 Å². The molecule has 0 radical (unpaired) electrons. The van der Waals surface area contributed by atoms with Crippen LogP contribution in [0.25, 0.3) is 0 Å². The highest BCUT2D eigenvalue weighted by molar-refractivity contribution is 5.78. The second-order valence-corrected chi connectivity index (χ2v) is 5.79. The molecule has 0 aliphatic heterocycles. The van der Waals surface area contributed by atoms with Crippen LogP contribution in [-0.2, 0) is 4.79 Å². The van der Waals surface area contributed by atoms with Gasteiger partial charge < -0.3 is 15.4 Å². The topological polar surface area (TPSA) is 55.6 Å². The van der Waals surface area contributed by atoms with Crippen molar-refractivity contribution in [2.75, 3.05) is 18.9 Å². The summed E-state index contributed by atoms with van der Waals surface area (Å²) in [6.45, 7) is 4.85. The van der Waals surface area contributed by atoms with Gasteiger partial charge in [-0.05, 0) is 50.5 Å². The zero-order valence-electron chi connectivity index (χ0n) is 13.1. The van der Waals surface area contributed by atoms with Gasteiger partial charge >= 0.3 is 0 Å². The van der Waals surface area contributed by atoms with E-state index in [2.05, 4.69) is 0 Å². The number of aryl methyl sites for hydroxylation is 1. The minimum absolute atomic E-state index is 0.0839. The maximum atomic E-state index is 12.4. The first-order valence-corrected chi connectivity index (χ1v) is 7.90. The van der Waals surface area contributed by atoms with Crippen LogP contribution in [0.2, 0.25) is 0 Å². The molecule has 1 aliphatic carbocycles. The molecule has 2 N–H and O–H groups in total. The highest BCUT2D eigenvalue weighted by atomic mass is 16.5. The smallest absolute Gasteiger partial charge is 0.260 e. The third-order valence-corrected chi connectivity index (χ3v) is 4.23. The summed E-state index contributed by atoms with van der Waals surface area (Å²) < 4.78 is 5.68. The maximum absolute atomic E-state index is 12.4. The van der Waals surface area contributed by atoms with Gasteiger partial charge in [0.2, 0.25) is 0 Å². The molecule has 1 saturated carbocycles. The van der Waals surface area contributed by atoms with Crippen molar-refractivity contribution >= 4 is 11.6 Å². The van der Waals surface area contributed by atoms with Crippen molar-refractivity contribution in [2.24, 2.45) is 0 Å². The molecule has 1 aliphatic rings. The van der Waals surface area contributed by atoms with Gasteiger partial charge in [-0.2, -0.15) is 0 Å². The van der Waals surface area contributed by atoms with E-state index in [4.69, 9.17) is 10.5 Å². The van der Waals surface area contributed by atoms with Crippen LogP contribution in [0, 0.1) is 6.92 Å². The van der Waals surface area contributed by atoms with Gasteiger partial charge in [-0.3, -0.25) is 4.79 Å². The summed E-state index contributed by atoms with van der Waals surface area (Å²) in [5.41, 5.74) is 7.39. The highest BCUT2D eigenvalue weighted by Gasteiger charge is 2.24. The van der Waals surface area contributed by atoms with Gasteiger partial charge in [-0.25, -0.2) is 0 Å². The summed E-state index contributed by atoms with van der Waals surface area (Å²) in [5, 5.41) is 0. The van der Waals surface area contributed by atoms with E-state index in [9.17, 15) is 4.79 Å². The molecule has 0 atom stereocenters. The van der Waals surface area contributed by atoms with Gasteiger partial charge in [0.05, 0.1) is 0 Å². The lowest BCUT2D eigenvalue weighted by atomic mass is 9.94. The van der Waals surface area contributed by atoms with Gasteiger partial charge in [0.1, 0.15) is 5.75 Å². The number of carbonyl (C=O) groups is 1. The lowest BCUT2D eigenvalue weighted by molar-refractivity contribution is -0.136. The number of likely N-dealkylation sites (N-methyl/N-ethyl adjacent to an activating group) is 1. The number of amides is 1. The summed E-state index contributed by atoms with van der Waals surface area (Å²) in [6.07, 6.45) is 6.00. The number of anilines is 1. The second-order valence-electron chi connectivity index (χ2n) is 5.79. The van der Waals surface area contributed by atoms with Crippen LogP contribution in [-0.4, -0.2) is 30.0 Å². The Bertz CT molecular complexity index is 482. The molecule has 116 valence electrons. The van der Waals surface area contributed by atoms with Crippen LogP contribution in [0.3, 0.4) is 0 Å². The van der Waals surface area contributed by atoms with Crippen LogP contribution in [0.5, 0.6) is 5.75 Å². The molecular formula is C17H26N2O2. The number of nitrogen functional groups attached to an aromatic ring is 1. The molecule has 0 aromatic heterocycles. The summed E-state index contributed by atoms with van der Waals surface area (Å²) in [6, 6.07) is 5.88. The predicted molar refractivity (Wildman–Crippen MR) is 85.3 cm³/mol. The molecule has 1 aromatic rings. The van der Waals surface area contributed by atoms with E-state index in [1.54, 1.807) is 6.07 Å². The quantitative estimate of drug-likeness (QED) is 0.848. The summed E-state index contributed by atoms with van der Waals surface area (Å²) in [5.74, 6) is 0.817. The first-order chi connectivity index (χ1) is 10.1. The molecule has 0 heterocycles. The Morgan fingerprint density at radius 3 is 2.67 bits per heavy atom. The van der Waals surface area contributed by atoms with E-state index < -0.39 is 0 Å². The zero-order chi connectivity index (χ0) is 15.2. The lowest BCUT2D eigenvalue weighted by Gasteiger charge is -2.33. The minimum Gasteiger partial charge on any atom is -0.483 e. The van der Waals surface area contributed by atoms with Crippen molar-refractivity contribution in [1.29, 1.82) is 0 Å². The number of carbonyl (C=O) groups excluding carboxylic acids is 1. The number of nitrogens with two attached hydrogens (primary N) is 1. The summed E-state index contributed by atoms with van der Waals surface area (Å²) >= 11 is 0. The molecule has 0 unspecified atom stereocenters. The van der Waals surface area contributed by atoms with Gasteiger partial charge in [-0.1, -0.05) is 19.3 Å². The van der Waals surface area contributed by atoms with E-state index in [1.807, 2.05) is 30.9 Å². The fourth-order valence-corrected chi connectivity index (χ4v) is 3.09. The lowest BCUT2D eigenvalue weighted by Crippen LogP contribution is -2.43. The number of hydrogen-bond acceptors (Lipinski definition) is 3. The summed E-state index contributed by atoms with van der Waals surface area (Å²) in [7, 11) is 0. The van der Waals surface area contributed by atoms with E-state index in [0.29, 0.717) is 11.7 Å². The van der Waals surface area contributed by atoms with Gasteiger partial charge in [0.15, 0.2) is 6.61 Å². The van der Waals surface area contributed by atoms with Crippen LogP contribution in [0.15, 0.2) is 18.2 Å². The zero-order valence-corrected chi connectivity index (χ0v) is 13.1. The first kappa shape index (κ1) is 15.7. The maximum Gasteiger partial charge on any atom is 0.260 e. The average molecular weight is 290 g/mol. The molecule has 2 rings (SSSR count). The number of hydrogen-bond donors (Lipinski definition) is 1. The Morgan fingerprint density at radius 2 is 2.05 bits per heavy atom. The standard InChI is InChI=1S/C17H26N2O2/c1-3-19(15-7-5-4-6-8-15)17(20)12-21-16-10-9-14(18)11-13(16)2/h9-11,15H,3-8,12,18H2,1-2H3. The molecule has 0 bridgehead atoms. The SMILES string of the molecule is CCN(C(=O)COc1ccc(N)cc1C)C1CCCCC1. The molecule has 4 heteroatoms. The first-order valence-electron chi connectivity index (χ1n) is 7.90. The second kappa shape index (κ2) is 7.34. The molecule has 0 spiro atoms. The highest BCUT2D eigenvalue weighted by Crippen LogP contribution is 2.23. The monoisotopic (exact) mass is 290 g/mol. The van der Waals surface area contributed by atoms with E-state index in [-0.39, 0.29) is 12.5 Å². The van der Waals surface area contributed by atoms with Crippen molar-refractivity contribution in [3.8, 4) is 5.75 Å². The molecule has 21 heavy (non-hydrogen) atoms. The largest absolute Gasteiger partial charge is 0.483 e. The Hall–Kier alpha value is -1.71. The molecule has 1 aromatic carbocycles. The third kappa shape index (κ3) is 4.13. The van der Waals surface area contributed by atoms with Crippen molar-refractivity contribution in [3.05, 3.63) is 23.8 Å². The normalized spacial score (nSPS) is 15.7. The van der Waals surface area contributed by atoms with Crippen molar-refractivity contribution < 1.29 is 9.53 Å². The Balaban J connectivity index is 1.92. The third-order valence-electron chi connectivity index (χ3n) is 4.23. The van der Waals surface area contributed by atoms with Gasteiger partial charge in [0, 0.05) is 18.3 Å². The molecule has 1 amide bonds. The Kier molecular flexibility index (Phi) is 5.48. The van der Waals surface area contributed by atoms with Crippen LogP contribution < -0.4 is 10.5 Å². The number of benzene rings is 1. The minimum atomic E-state index is 0.0839. The van der Waals surface area contributed by atoms with Crippen molar-refractivity contribution in [2.45, 2.75) is 52.0 Å². The van der Waals surface area contributed by atoms with Gasteiger partial charge in [-0.15, -0.1) is 0 Å². The predicted octanol–water partition coefficient (Wildman–Crippen LogP) is 3.14. The van der Waals surface area contributed by atoms with E-state index >= 15 is 0 Å². The number of ether oxygens (including phenoxy) is 1. The Labute approximate surface area is 127 Å². The molecule has 4 nitrogen and oxygen atoms in total. The van der Waals surface area contributed by atoms with Crippen molar-refractivity contribution in [1.82, 2.24) is 4.90 Å². The fraction of sp³-hybridized carbons (Fsp3) is 0.588. The Morgan fingerprint density at radius 1 is 1.33 bits per heavy atom. The average Bonchev–Trinajstić information content (AvgIpc) is 2.48. The molecule has 0 saturated heterocycles.